The van der Waals surface area contributed by atoms with Gasteiger partial charge in [-0.1, -0.05) is 12.1 Å². The number of ether oxygens (including phenoxy) is 1. The van der Waals surface area contributed by atoms with Crippen LogP contribution in [0.3, 0.4) is 0 Å². The van der Waals surface area contributed by atoms with Crippen molar-refractivity contribution in [2.24, 2.45) is 0 Å². The molecule has 0 radical (unpaired) electrons. The van der Waals surface area contributed by atoms with Crippen LogP contribution in [0.1, 0.15) is 17.7 Å². The number of hydrogen-bond acceptors (Lipinski definition) is 4. The van der Waals surface area contributed by atoms with Gasteiger partial charge in [-0.05, 0) is 31.4 Å². The van der Waals surface area contributed by atoms with Crippen molar-refractivity contribution >= 4 is 5.69 Å². The van der Waals surface area contributed by atoms with Crippen molar-refractivity contribution in [2.75, 3.05) is 11.9 Å². The number of nitrogens with zero attached hydrogens (tertiary/aromatic N) is 2. The van der Waals surface area contributed by atoms with Crippen LogP contribution < -0.4 is 10.1 Å². The van der Waals surface area contributed by atoms with Gasteiger partial charge in [0.05, 0.1) is 11.4 Å². The van der Waals surface area contributed by atoms with Crippen LogP contribution in [-0.4, -0.2) is 16.5 Å². The third kappa shape index (κ3) is 2.23. The molecule has 2 heterocycles. The van der Waals surface area contributed by atoms with E-state index in [1.54, 1.807) is 6.92 Å². The quantitative estimate of drug-likeness (QED) is 0.900. The Bertz CT molecular complexity index is 616. The number of rotatable bonds is 2. The first-order valence-electron chi connectivity index (χ1n) is 6.26. The van der Waals surface area contributed by atoms with Gasteiger partial charge in [0.25, 0.3) is 5.88 Å². The lowest BCUT2D eigenvalue weighted by Gasteiger charge is -2.20. The molecule has 5 heteroatoms. The summed E-state index contributed by atoms with van der Waals surface area (Å²) in [7, 11) is 0. The van der Waals surface area contributed by atoms with Crippen molar-refractivity contribution in [3.05, 3.63) is 41.6 Å². The Balaban J connectivity index is 1.97. The molecule has 0 aliphatic carbocycles. The molecule has 98 valence electrons. The fraction of sp³-hybridized carbons (Fsp3) is 0.286. The number of hydrogen-bond donors (Lipinski definition) is 1. The van der Waals surface area contributed by atoms with Crippen molar-refractivity contribution in [1.29, 1.82) is 0 Å². The molecule has 1 aromatic heterocycles. The number of para-hydroxylation sites is 1. The largest absolute Gasteiger partial charge is 0.434 e. The number of benzene rings is 1. The number of nitrogens with one attached hydrogen (secondary N) is 1. The van der Waals surface area contributed by atoms with Crippen molar-refractivity contribution in [3.8, 4) is 11.6 Å². The number of aromatic nitrogens is 2. The molecule has 0 atom stereocenters. The van der Waals surface area contributed by atoms with E-state index in [4.69, 9.17) is 4.74 Å². The second-order valence-corrected chi connectivity index (χ2v) is 4.50. The van der Waals surface area contributed by atoms with Gasteiger partial charge in [-0.3, -0.25) is 0 Å². The lowest BCUT2D eigenvalue weighted by molar-refractivity contribution is 0.417. The Morgan fingerprint density at radius 2 is 2.21 bits per heavy atom. The molecular formula is C14H14FN3O. The van der Waals surface area contributed by atoms with Crippen LogP contribution in [0.4, 0.5) is 10.1 Å². The maximum atomic E-state index is 13.8. The number of anilines is 1. The summed E-state index contributed by atoms with van der Waals surface area (Å²) in [6.45, 7) is 2.49. The minimum absolute atomic E-state index is 0.0340. The van der Waals surface area contributed by atoms with Crippen LogP contribution in [-0.2, 0) is 6.42 Å². The van der Waals surface area contributed by atoms with Gasteiger partial charge in [0, 0.05) is 6.54 Å². The highest BCUT2D eigenvalue weighted by Crippen LogP contribution is 2.35. The van der Waals surface area contributed by atoms with E-state index < -0.39 is 5.82 Å². The minimum atomic E-state index is -0.518. The predicted molar refractivity (Wildman–Crippen MR) is 70.1 cm³/mol. The zero-order valence-electron chi connectivity index (χ0n) is 10.6. The molecule has 0 amide bonds. The van der Waals surface area contributed by atoms with Crippen LogP contribution in [0.25, 0.3) is 0 Å². The number of fused-ring (bicyclic) bond motifs is 1. The molecule has 0 saturated heterocycles. The highest BCUT2D eigenvalue weighted by Gasteiger charge is 2.16. The normalized spacial score (nSPS) is 13.6. The fourth-order valence-electron chi connectivity index (χ4n) is 2.17. The summed E-state index contributed by atoms with van der Waals surface area (Å²) in [6, 6.07) is 5.77. The molecule has 3 rings (SSSR count). The topological polar surface area (TPSA) is 47.0 Å². The van der Waals surface area contributed by atoms with Crippen LogP contribution in [0, 0.1) is 12.7 Å². The zero-order valence-corrected chi connectivity index (χ0v) is 10.6. The third-order valence-electron chi connectivity index (χ3n) is 3.18. The van der Waals surface area contributed by atoms with Crippen molar-refractivity contribution in [2.45, 2.75) is 19.8 Å². The first kappa shape index (κ1) is 11.9. The zero-order chi connectivity index (χ0) is 13.2. The van der Waals surface area contributed by atoms with Gasteiger partial charge in [0.15, 0.2) is 5.75 Å². The van der Waals surface area contributed by atoms with Gasteiger partial charge in [-0.15, -0.1) is 0 Å². The van der Waals surface area contributed by atoms with Gasteiger partial charge in [-0.25, -0.2) is 4.98 Å². The molecule has 1 aliphatic rings. The van der Waals surface area contributed by atoms with Gasteiger partial charge < -0.3 is 10.1 Å². The van der Waals surface area contributed by atoms with E-state index in [1.165, 1.54) is 11.9 Å². The first-order chi connectivity index (χ1) is 9.25. The molecule has 0 bridgehead atoms. The monoisotopic (exact) mass is 259 g/mol. The van der Waals surface area contributed by atoms with E-state index in [0.717, 1.165) is 25.1 Å². The highest BCUT2D eigenvalue weighted by atomic mass is 19.1. The standard InChI is InChI=1S/C14H14FN3O/c1-9-12(15)14(18-8-17-9)19-11-6-2-4-10-5-3-7-16-13(10)11/h2,4,6,8,16H,3,5,7H2,1H3. The van der Waals surface area contributed by atoms with Crippen molar-refractivity contribution in [3.63, 3.8) is 0 Å². The molecular weight excluding hydrogens is 245 g/mol. The molecule has 0 spiro atoms. The maximum Gasteiger partial charge on any atom is 0.259 e. The minimum Gasteiger partial charge on any atom is -0.434 e. The second-order valence-electron chi connectivity index (χ2n) is 4.50. The van der Waals surface area contributed by atoms with E-state index in [9.17, 15) is 4.39 Å². The van der Waals surface area contributed by atoms with Crippen LogP contribution in [0.15, 0.2) is 24.5 Å². The molecule has 0 saturated carbocycles. The van der Waals surface area contributed by atoms with Crippen molar-refractivity contribution in [1.82, 2.24) is 9.97 Å². The summed E-state index contributed by atoms with van der Waals surface area (Å²) in [5.41, 5.74) is 2.40. The van der Waals surface area contributed by atoms with E-state index in [1.807, 2.05) is 12.1 Å². The predicted octanol–water partition coefficient (Wildman–Crippen LogP) is 3.07. The molecule has 1 aliphatic heterocycles. The summed E-state index contributed by atoms with van der Waals surface area (Å²) in [4.78, 5) is 7.63. The molecule has 4 nitrogen and oxygen atoms in total. The molecule has 19 heavy (non-hydrogen) atoms. The van der Waals surface area contributed by atoms with E-state index in [2.05, 4.69) is 21.4 Å². The molecule has 1 aromatic carbocycles. The lowest BCUT2D eigenvalue weighted by atomic mass is 10.0. The average Bonchev–Trinajstić information content (AvgIpc) is 2.44. The fourth-order valence-corrected chi connectivity index (χ4v) is 2.17. The smallest absolute Gasteiger partial charge is 0.259 e. The molecule has 0 fully saturated rings. The molecule has 2 aromatic rings. The van der Waals surface area contributed by atoms with Crippen LogP contribution >= 0.6 is 0 Å². The van der Waals surface area contributed by atoms with E-state index >= 15 is 0 Å². The Hall–Kier alpha value is -2.17. The Kier molecular flexibility index (Phi) is 3.03. The van der Waals surface area contributed by atoms with Gasteiger partial charge in [-0.2, -0.15) is 9.37 Å². The SMILES string of the molecule is Cc1ncnc(Oc2cccc3c2NCCC3)c1F. The Morgan fingerprint density at radius 1 is 1.32 bits per heavy atom. The second kappa shape index (κ2) is 4.84. The lowest BCUT2D eigenvalue weighted by Crippen LogP contribution is -2.12. The van der Waals surface area contributed by atoms with Crippen molar-refractivity contribution < 1.29 is 9.13 Å². The third-order valence-corrected chi connectivity index (χ3v) is 3.18. The highest BCUT2D eigenvalue weighted by molar-refractivity contribution is 5.64. The number of halogens is 1. The summed E-state index contributed by atoms with van der Waals surface area (Å²) >= 11 is 0. The van der Waals surface area contributed by atoms with Crippen LogP contribution in [0.5, 0.6) is 11.6 Å². The summed E-state index contributed by atoms with van der Waals surface area (Å²) in [5.74, 6) is 0.0541. The Labute approximate surface area is 110 Å². The summed E-state index contributed by atoms with van der Waals surface area (Å²) < 4.78 is 19.4. The Morgan fingerprint density at radius 3 is 3.11 bits per heavy atom. The first-order valence-corrected chi connectivity index (χ1v) is 6.26. The van der Waals surface area contributed by atoms with Gasteiger partial charge in [0.1, 0.15) is 6.33 Å². The number of aryl methyl sites for hydroxylation is 2. The van der Waals surface area contributed by atoms with E-state index in [0.29, 0.717) is 5.75 Å². The van der Waals surface area contributed by atoms with Gasteiger partial charge in [0.2, 0.25) is 5.82 Å². The van der Waals surface area contributed by atoms with E-state index in [-0.39, 0.29) is 11.6 Å². The molecule has 0 unspecified atom stereocenters. The maximum absolute atomic E-state index is 13.8. The van der Waals surface area contributed by atoms with Gasteiger partial charge >= 0.3 is 0 Å². The van der Waals surface area contributed by atoms with Crippen LogP contribution in [0.2, 0.25) is 0 Å². The summed E-state index contributed by atoms with van der Waals surface area (Å²) in [6.07, 6.45) is 3.40. The average molecular weight is 259 g/mol. The summed E-state index contributed by atoms with van der Waals surface area (Å²) in [5, 5.41) is 3.29. The molecule has 1 N–H and O–H groups in total.